The second kappa shape index (κ2) is 10.7. The Balaban J connectivity index is 1.55. The van der Waals surface area contributed by atoms with Crippen LogP contribution < -0.4 is 10.6 Å². The third kappa shape index (κ3) is 6.51. The van der Waals surface area contributed by atoms with Gasteiger partial charge in [-0.15, -0.1) is 0 Å². The van der Waals surface area contributed by atoms with E-state index in [2.05, 4.69) is 10.6 Å². The normalized spacial score (nSPS) is 14.7. The number of halogens is 1. The molecule has 0 aliphatic carbocycles. The first kappa shape index (κ1) is 23.2. The molecule has 1 saturated heterocycles. The van der Waals surface area contributed by atoms with E-state index in [-0.39, 0.29) is 24.4 Å². The van der Waals surface area contributed by atoms with Gasteiger partial charge in [-0.2, -0.15) is 4.31 Å². The molecule has 2 N–H and O–H groups in total. The number of hydrogen-bond donors (Lipinski definition) is 2. The summed E-state index contributed by atoms with van der Waals surface area (Å²) in [6.07, 6.45) is 0. The van der Waals surface area contributed by atoms with Gasteiger partial charge in [-0.1, -0.05) is 48.0 Å². The van der Waals surface area contributed by atoms with Crippen molar-refractivity contribution in [1.82, 2.24) is 14.9 Å². The summed E-state index contributed by atoms with van der Waals surface area (Å²) in [5.74, 6) is -0.994. The van der Waals surface area contributed by atoms with Gasteiger partial charge in [-0.25, -0.2) is 8.42 Å². The first-order valence-corrected chi connectivity index (χ1v) is 11.8. The Kier molecular flexibility index (Phi) is 8.03. The molecule has 31 heavy (non-hydrogen) atoms. The van der Waals surface area contributed by atoms with Gasteiger partial charge in [0.2, 0.25) is 15.9 Å². The number of benzene rings is 2. The van der Waals surface area contributed by atoms with Crippen LogP contribution in [0, 0.1) is 0 Å². The smallest absolute Gasteiger partial charge is 0.253 e. The van der Waals surface area contributed by atoms with Gasteiger partial charge in [0.15, 0.2) is 0 Å². The zero-order valence-corrected chi connectivity index (χ0v) is 18.4. The molecule has 2 amide bonds. The first-order valence-electron chi connectivity index (χ1n) is 9.78. The lowest BCUT2D eigenvalue weighted by atomic mass is 10.1. The average Bonchev–Trinajstić information content (AvgIpc) is 2.77. The Morgan fingerprint density at radius 1 is 0.968 bits per heavy atom. The van der Waals surface area contributed by atoms with E-state index in [9.17, 15) is 18.0 Å². The quantitative estimate of drug-likeness (QED) is 0.615. The van der Waals surface area contributed by atoms with Gasteiger partial charge in [0.1, 0.15) is 0 Å². The van der Waals surface area contributed by atoms with Crippen LogP contribution in [0.5, 0.6) is 0 Å². The van der Waals surface area contributed by atoms with E-state index in [1.807, 2.05) is 0 Å². The maximum absolute atomic E-state index is 12.7. The maximum atomic E-state index is 12.7. The van der Waals surface area contributed by atoms with Gasteiger partial charge in [-0.3, -0.25) is 9.59 Å². The van der Waals surface area contributed by atoms with Crippen molar-refractivity contribution >= 4 is 33.4 Å². The highest BCUT2D eigenvalue weighted by Gasteiger charge is 2.25. The Labute approximate surface area is 186 Å². The van der Waals surface area contributed by atoms with Gasteiger partial charge in [0, 0.05) is 19.6 Å². The fourth-order valence-corrected chi connectivity index (χ4v) is 4.92. The fraction of sp³-hybridized carbons (Fsp3) is 0.333. The van der Waals surface area contributed by atoms with Crippen molar-refractivity contribution in [1.29, 1.82) is 0 Å². The lowest BCUT2D eigenvalue weighted by molar-refractivity contribution is -0.120. The average molecular weight is 466 g/mol. The van der Waals surface area contributed by atoms with Crippen molar-refractivity contribution in [2.45, 2.75) is 12.3 Å². The fourth-order valence-electron chi connectivity index (χ4n) is 3.14. The van der Waals surface area contributed by atoms with Crippen molar-refractivity contribution in [2.24, 2.45) is 0 Å². The van der Waals surface area contributed by atoms with Crippen LogP contribution in [0.25, 0.3) is 0 Å². The van der Waals surface area contributed by atoms with Crippen LogP contribution in [-0.4, -0.2) is 57.4 Å². The van der Waals surface area contributed by atoms with Crippen molar-refractivity contribution in [3.8, 4) is 0 Å². The van der Waals surface area contributed by atoms with Crippen LogP contribution in [0.4, 0.5) is 0 Å². The molecule has 2 aromatic rings. The first-order chi connectivity index (χ1) is 14.9. The monoisotopic (exact) mass is 465 g/mol. The standard InChI is InChI=1S/C21H24ClN3O5S/c22-19-8-4-3-7-18(19)21(27)24-14-20(26)23-13-16-5-1-2-6-17(16)15-31(28,29)25-9-11-30-12-10-25/h1-8H,9-15H2,(H,23,26)(H,24,27). The molecule has 3 rings (SSSR count). The molecule has 1 aliphatic heterocycles. The molecule has 1 heterocycles. The molecule has 0 aromatic heterocycles. The van der Waals surface area contributed by atoms with Gasteiger partial charge in [0.25, 0.3) is 5.91 Å². The van der Waals surface area contributed by atoms with Crippen LogP contribution >= 0.6 is 11.6 Å². The highest BCUT2D eigenvalue weighted by Crippen LogP contribution is 2.17. The number of hydrogen-bond acceptors (Lipinski definition) is 5. The minimum absolute atomic E-state index is 0.148. The van der Waals surface area contributed by atoms with Crippen molar-refractivity contribution in [2.75, 3.05) is 32.8 Å². The molecular weight excluding hydrogens is 442 g/mol. The van der Waals surface area contributed by atoms with Crippen LogP contribution in [0.1, 0.15) is 21.5 Å². The number of sulfonamides is 1. The maximum Gasteiger partial charge on any atom is 0.253 e. The predicted octanol–water partition coefficient (Wildman–Crippen LogP) is 1.55. The molecule has 0 spiro atoms. The van der Waals surface area contributed by atoms with Gasteiger partial charge < -0.3 is 15.4 Å². The van der Waals surface area contributed by atoms with Gasteiger partial charge in [-0.05, 0) is 23.3 Å². The molecule has 1 aliphatic rings. The molecule has 0 radical (unpaired) electrons. The van der Waals surface area contributed by atoms with Gasteiger partial charge >= 0.3 is 0 Å². The molecule has 0 bridgehead atoms. The SMILES string of the molecule is O=C(CNC(=O)c1ccccc1Cl)NCc1ccccc1CS(=O)(=O)N1CCOCC1. The van der Waals surface area contributed by atoms with E-state index in [0.717, 1.165) is 0 Å². The summed E-state index contributed by atoms with van der Waals surface area (Å²) >= 11 is 5.98. The molecule has 10 heteroatoms. The molecular formula is C21H24ClN3O5S. The second-order valence-corrected chi connectivity index (χ2v) is 9.35. The Morgan fingerprint density at radius 2 is 1.61 bits per heavy atom. The van der Waals surface area contributed by atoms with E-state index in [1.165, 1.54) is 4.31 Å². The summed E-state index contributed by atoms with van der Waals surface area (Å²) in [6.45, 7) is 1.38. The number of carbonyl (C=O) groups is 2. The third-order valence-electron chi connectivity index (χ3n) is 4.82. The Hall–Kier alpha value is -2.46. The van der Waals surface area contributed by atoms with Crippen LogP contribution in [0.15, 0.2) is 48.5 Å². The lowest BCUT2D eigenvalue weighted by Gasteiger charge is -2.26. The van der Waals surface area contributed by atoms with Crippen LogP contribution in [-0.2, 0) is 31.9 Å². The van der Waals surface area contributed by atoms with Gasteiger partial charge in [0.05, 0.1) is 36.1 Å². The summed E-state index contributed by atoms with van der Waals surface area (Å²) in [4.78, 5) is 24.3. The number of nitrogens with one attached hydrogen (secondary N) is 2. The highest BCUT2D eigenvalue weighted by molar-refractivity contribution is 7.88. The van der Waals surface area contributed by atoms with Crippen molar-refractivity contribution < 1.29 is 22.7 Å². The number of ether oxygens (including phenoxy) is 1. The minimum atomic E-state index is -3.48. The van der Waals surface area contributed by atoms with E-state index in [4.69, 9.17) is 16.3 Å². The second-order valence-electron chi connectivity index (χ2n) is 6.98. The van der Waals surface area contributed by atoms with E-state index < -0.39 is 21.8 Å². The molecule has 0 atom stereocenters. The minimum Gasteiger partial charge on any atom is -0.379 e. The Morgan fingerprint density at radius 3 is 2.32 bits per heavy atom. The van der Waals surface area contributed by atoms with E-state index >= 15 is 0 Å². The van der Waals surface area contributed by atoms with E-state index in [1.54, 1.807) is 48.5 Å². The van der Waals surface area contributed by atoms with E-state index in [0.29, 0.717) is 42.5 Å². The zero-order valence-electron chi connectivity index (χ0n) is 16.8. The molecule has 0 saturated carbocycles. The lowest BCUT2D eigenvalue weighted by Crippen LogP contribution is -2.41. The molecule has 8 nitrogen and oxygen atoms in total. The van der Waals surface area contributed by atoms with Crippen LogP contribution in [0.2, 0.25) is 5.02 Å². The number of rotatable bonds is 8. The molecule has 0 unspecified atom stereocenters. The van der Waals surface area contributed by atoms with Crippen molar-refractivity contribution in [3.63, 3.8) is 0 Å². The summed E-state index contributed by atoms with van der Waals surface area (Å²) in [5, 5.41) is 5.53. The summed E-state index contributed by atoms with van der Waals surface area (Å²) in [7, 11) is -3.48. The summed E-state index contributed by atoms with van der Waals surface area (Å²) < 4.78 is 32.1. The molecule has 1 fully saturated rings. The summed E-state index contributed by atoms with van der Waals surface area (Å²) in [6, 6.07) is 13.6. The number of carbonyl (C=O) groups excluding carboxylic acids is 2. The third-order valence-corrected chi connectivity index (χ3v) is 6.98. The van der Waals surface area contributed by atoms with Crippen LogP contribution in [0.3, 0.4) is 0 Å². The highest BCUT2D eigenvalue weighted by atomic mass is 35.5. The summed E-state index contributed by atoms with van der Waals surface area (Å²) in [5.41, 5.74) is 1.61. The Bertz CT molecular complexity index is 1040. The topological polar surface area (TPSA) is 105 Å². The zero-order chi connectivity index (χ0) is 22.3. The predicted molar refractivity (Wildman–Crippen MR) is 117 cm³/mol. The number of amides is 2. The largest absolute Gasteiger partial charge is 0.379 e. The molecule has 166 valence electrons. The number of morpholine rings is 1. The number of nitrogens with zero attached hydrogens (tertiary/aromatic N) is 1. The molecule has 2 aromatic carbocycles. The van der Waals surface area contributed by atoms with Crippen molar-refractivity contribution in [3.05, 3.63) is 70.2 Å².